The molecular weight excluding hydrogens is 276 g/mol. The van der Waals surface area contributed by atoms with Gasteiger partial charge < -0.3 is 0 Å². The summed E-state index contributed by atoms with van der Waals surface area (Å²) < 4.78 is 0. The number of hydrogen-bond donors (Lipinski definition) is 0. The van der Waals surface area contributed by atoms with E-state index in [2.05, 4.69) is 41.5 Å². The fourth-order valence-corrected chi connectivity index (χ4v) is 1.94. The molecule has 0 nitrogen and oxygen atoms in total. The van der Waals surface area contributed by atoms with Gasteiger partial charge in [-0.1, -0.05) is 140 Å². The van der Waals surface area contributed by atoms with Crippen LogP contribution in [0.1, 0.15) is 140 Å². The van der Waals surface area contributed by atoms with E-state index in [4.69, 9.17) is 0 Å². The van der Waals surface area contributed by atoms with E-state index in [1.54, 1.807) is 0 Å². The molecule has 0 atom stereocenters. The summed E-state index contributed by atoms with van der Waals surface area (Å²) in [6.07, 6.45) is 16.5. The van der Waals surface area contributed by atoms with Crippen molar-refractivity contribution in [2.75, 3.05) is 0 Å². The fraction of sp³-hybridized carbons (Fsp3) is 1.00. The Kier molecular flexibility index (Phi) is 45.0. The first kappa shape index (κ1) is 30.8. The number of rotatable bonds is 0. The van der Waals surface area contributed by atoms with Gasteiger partial charge in [0.05, 0.1) is 0 Å². The maximum atomic E-state index is 2.17. The van der Waals surface area contributed by atoms with Gasteiger partial charge in [0.2, 0.25) is 0 Å². The Hall–Kier alpha value is 0. The lowest BCUT2D eigenvalue weighted by molar-refractivity contribution is 0.504. The first-order chi connectivity index (χ1) is 11.0. The van der Waals surface area contributed by atoms with Crippen molar-refractivity contribution < 1.29 is 0 Å². The van der Waals surface area contributed by atoms with Gasteiger partial charge in [-0.2, -0.15) is 0 Å². The minimum Gasteiger partial charge on any atom is -0.0683 e. The molecule has 0 amide bonds. The molecule has 0 heterocycles. The largest absolute Gasteiger partial charge is 0.0683 e. The lowest BCUT2D eigenvalue weighted by Crippen LogP contribution is -1.85. The molecule has 0 aromatic heterocycles. The third-order valence-corrected chi connectivity index (χ3v) is 2.75. The topological polar surface area (TPSA) is 0 Å². The highest BCUT2D eigenvalue weighted by Crippen LogP contribution is 2.15. The Morgan fingerprint density at radius 2 is 0.348 bits per heavy atom. The van der Waals surface area contributed by atoms with Crippen LogP contribution in [0.15, 0.2) is 0 Å². The summed E-state index contributed by atoms with van der Waals surface area (Å²) in [5.74, 6) is 1.67. The molecule has 0 heteroatoms. The molecular formula is C23H54. The Morgan fingerprint density at radius 1 is 0.304 bits per heavy atom. The van der Waals surface area contributed by atoms with Gasteiger partial charge in [0.15, 0.2) is 0 Å². The Labute approximate surface area is 152 Å². The van der Waals surface area contributed by atoms with Crippen LogP contribution >= 0.6 is 0 Å². The van der Waals surface area contributed by atoms with Crippen molar-refractivity contribution >= 4 is 0 Å². The minimum absolute atomic E-state index is 0.833. The van der Waals surface area contributed by atoms with Crippen molar-refractivity contribution in [3.63, 3.8) is 0 Å². The van der Waals surface area contributed by atoms with E-state index in [1.165, 1.54) is 70.6 Å². The Balaban J connectivity index is -0.0000000990. The average molecular weight is 331 g/mol. The van der Waals surface area contributed by atoms with Crippen molar-refractivity contribution in [2.24, 2.45) is 11.8 Å². The van der Waals surface area contributed by atoms with Crippen molar-refractivity contribution in [1.82, 2.24) is 0 Å². The molecule has 0 spiro atoms. The molecule has 0 aromatic rings. The second kappa shape index (κ2) is 33.6. The molecule has 0 unspecified atom stereocenters. The van der Waals surface area contributed by atoms with Crippen LogP contribution in [-0.4, -0.2) is 0 Å². The molecule has 0 radical (unpaired) electrons. The van der Waals surface area contributed by atoms with E-state index in [0.29, 0.717) is 0 Å². The van der Waals surface area contributed by atoms with E-state index >= 15 is 0 Å². The van der Waals surface area contributed by atoms with Crippen molar-refractivity contribution in [3.05, 3.63) is 0 Å². The van der Waals surface area contributed by atoms with Crippen LogP contribution in [-0.2, 0) is 0 Å². The normalized spacial score (nSPS) is 15.1. The third kappa shape index (κ3) is 72.7. The molecule has 2 aliphatic rings. The van der Waals surface area contributed by atoms with Crippen LogP contribution in [0, 0.1) is 11.8 Å². The molecule has 0 saturated heterocycles. The van der Waals surface area contributed by atoms with Crippen molar-refractivity contribution in [1.29, 1.82) is 0 Å². The van der Waals surface area contributed by atoms with E-state index < -0.39 is 0 Å². The van der Waals surface area contributed by atoms with Crippen LogP contribution in [0.2, 0.25) is 0 Å². The minimum atomic E-state index is 0.833. The maximum absolute atomic E-state index is 2.17. The summed E-state index contributed by atoms with van der Waals surface area (Å²) in [6, 6.07) is 0. The zero-order chi connectivity index (χ0) is 18.9. The summed E-state index contributed by atoms with van der Waals surface area (Å²) in [7, 11) is 0. The van der Waals surface area contributed by atoms with Gasteiger partial charge in [0.25, 0.3) is 0 Å². The van der Waals surface area contributed by atoms with Crippen LogP contribution in [0.5, 0.6) is 0 Å². The summed E-state index contributed by atoms with van der Waals surface area (Å²) in [5, 5.41) is 0. The molecule has 2 fully saturated rings. The lowest BCUT2D eigenvalue weighted by Gasteiger charge is -2.05. The second-order valence-corrected chi connectivity index (χ2v) is 7.35. The summed E-state index contributed by atoms with van der Waals surface area (Å²) in [6.45, 7) is 21.0. The first-order valence-corrected chi connectivity index (χ1v) is 11.0. The van der Waals surface area contributed by atoms with E-state index in [-0.39, 0.29) is 0 Å². The Morgan fingerprint density at radius 3 is 0.391 bits per heavy atom. The van der Waals surface area contributed by atoms with Gasteiger partial charge in [-0.05, 0) is 11.8 Å². The zero-order valence-corrected chi connectivity index (χ0v) is 18.9. The van der Waals surface area contributed by atoms with Gasteiger partial charge in [0, 0.05) is 0 Å². The van der Waals surface area contributed by atoms with Crippen LogP contribution in [0.4, 0.5) is 0 Å². The van der Waals surface area contributed by atoms with Gasteiger partial charge in [0.1, 0.15) is 0 Å². The highest BCUT2D eigenvalue weighted by molar-refractivity contribution is 4.51. The Bertz CT molecular complexity index is 96.3. The molecule has 2 rings (SSSR count). The highest BCUT2D eigenvalue weighted by Gasteiger charge is 1.96. The first-order valence-electron chi connectivity index (χ1n) is 11.0. The monoisotopic (exact) mass is 330 g/mol. The molecule has 146 valence electrons. The smallest absolute Gasteiger partial charge is 0.0500 e. The average Bonchev–Trinajstić information content (AvgIpc) is 3.11. The molecule has 0 N–H and O–H groups in total. The van der Waals surface area contributed by atoms with Crippen LogP contribution < -0.4 is 0 Å². The predicted molar refractivity (Wildman–Crippen MR) is 115 cm³/mol. The predicted octanol–water partition coefficient (Wildman–Crippen LogP) is 9.67. The van der Waals surface area contributed by atoms with E-state index in [9.17, 15) is 0 Å². The van der Waals surface area contributed by atoms with Gasteiger partial charge in [-0.25, -0.2) is 0 Å². The molecule has 2 aliphatic carbocycles. The fourth-order valence-electron chi connectivity index (χ4n) is 1.94. The quantitative estimate of drug-likeness (QED) is 0.414. The van der Waals surface area contributed by atoms with Gasteiger partial charge in [-0.15, -0.1) is 0 Å². The molecule has 2 saturated carbocycles. The maximum Gasteiger partial charge on any atom is -0.0500 e. The van der Waals surface area contributed by atoms with E-state index in [0.717, 1.165) is 11.8 Å². The van der Waals surface area contributed by atoms with Crippen LogP contribution in [0.3, 0.4) is 0 Å². The summed E-state index contributed by atoms with van der Waals surface area (Å²) in [4.78, 5) is 0. The van der Waals surface area contributed by atoms with Crippen molar-refractivity contribution in [3.8, 4) is 0 Å². The molecule has 23 heavy (non-hydrogen) atoms. The summed E-state index contributed by atoms with van der Waals surface area (Å²) >= 11 is 0. The van der Waals surface area contributed by atoms with Crippen LogP contribution in [0.25, 0.3) is 0 Å². The SMILES string of the molecule is C1CCCC1.C1CCCCC1.CC.CC.CC(C)C.CC(C)C. The summed E-state index contributed by atoms with van der Waals surface area (Å²) in [5.41, 5.74) is 0. The van der Waals surface area contributed by atoms with Crippen molar-refractivity contribution in [2.45, 2.75) is 140 Å². The van der Waals surface area contributed by atoms with Gasteiger partial charge in [-0.3, -0.25) is 0 Å². The highest BCUT2D eigenvalue weighted by atomic mass is 14.0. The molecule has 0 aromatic carbocycles. The van der Waals surface area contributed by atoms with E-state index in [1.807, 2.05) is 27.7 Å². The second-order valence-electron chi connectivity index (χ2n) is 7.35. The third-order valence-electron chi connectivity index (χ3n) is 2.75. The number of hydrogen-bond acceptors (Lipinski definition) is 0. The lowest BCUT2D eigenvalue weighted by atomic mass is 10.0. The van der Waals surface area contributed by atoms with Gasteiger partial charge >= 0.3 is 0 Å². The molecule has 0 aliphatic heterocycles. The standard InChI is InChI=1S/C6H12.C5H10.2C4H10.2C2H6/c1-2-4-6-5-3-1;1-2-4-5-3-1;2*1-4(2)3;2*1-2/h1-6H2;1-5H2;2*4H,1-3H3;2*1-2H3. The zero-order valence-electron chi connectivity index (χ0n) is 18.9. The molecule has 0 bridgehead atoms.